The van der Waals surface area contributed by atoms with Gasteiger partial charge < -0.3 is 10.2 Å². The fourth-order valence-electron chi connectivity index (χ4n) is 1.44. The lowest BCUT2D eigenvalue weighted by atomic mass is 10.2. The molecule has 0 aliphatic heterocycles. The zero-order valence-corrected chi connectivity index (χ0v) is 12.4. The average Bonchev–Trinajstić information content (AvgIpc) is 2.37. The van der Waals surface area contributed by atoms with Gasteiger partial charge in [-0.2, -0.15) is 0 Å². The van der Waals surface area contributed by atoms with Gasteiger partial charge in [0.15, 0.2) is 0 Å². The molecule has 4 heteroatoms. The van der Waals surface area contributed by atoms with E-state index in [-0.39, 0.29) is 11.9 Å². The Morgan fingerprint density at radius 1 is 1.33 bits per heavy atom. The maximum absolute atomic E-state index is 11.8. The fraction of sp³-hybridized carbons (Fsp3) is 0.500. The van der Waals surface area contributed by atoms with E-state index < -0.39 is 0 Å². The number of rotatable bonds is 6. The van der Waals surface area contributed by atoms with Crippen LogP contribution in [-0.2, 0) is 11.3 Å². The molecule has 0 radical (unpaired) electrons. The van der Waals surface area contributed by atoms with E-state index >= 15 is 0 Å². The summed E-state index contributed by atoms with van der Waals surface area (Å²) in [5.74, 6) is 0.675. The maximum Gasteiger partial charge on any atom is 0.232 e. The first-order valence-electron chi connectivity index (χ1n) is 6.16. The summed E-state index contributed by atoms with van der Waals surface area (Å²) in [7, 11) is 3.78. The van der Waals surface area contributed by atoms with E-state index in [0.29, 0.717) is 5.75 Å². The molecule has 0 heterocycles. The van der Waals surface area contributed by atoms with Crippen molar-refractivity contribution in [3.8, 4) is 0 Å². The van der Waals surface area contributed by atoms with Crippen LogP contribution in [0.4, 0.5) is 0 Å². The lowest BCUT2D eigenvalue weighted by Gasteiger charge is -2.21. The normalized spacial score (nSPS) is 10.7. The number of carbonyl (C=O) groups excluding carboxylic acids is 1. The SMILES string of the molecule is CNCc1ccc(SCC(=O)N(C)C(C)C)cc1. The lowest BCUT2D eigenvalue weighted by Crippen LogP contribution is -2.34. The highest BCUT2D eigenvalue weighted by atomic mass is 32.2. The number of carbonyl (C=O) groups is 1. The van der Waals surface area contributed by atoms with Crippen molar-refractivity contribution >= 4 is 17.7 Å². The summed E-state index contributed by atoms with van der Waals surface area (Å²) in [6.45, 7) is 4.92. The van der Waals surface area contributed by atoms with Crippen LogP contribution >= 0.6 is 11.8 Å². The fourth-order valence-corrected chi connectivity index (χ4v) is 2.26. The van der Waals surface area contributed by atoms with E-state index in [9.17, 15) is 4.79 Å². The predicted molar refractivity (Wildman–Crippen MR) is 77.8 cm³/mol. The average molecular weight is 266 g/mol. The molecule has 3 nitrogen and oxygen atoms in total. The predicted octanol–water partition coefficient (Wildman–Crippen LogP) is 2.36. The number of benzene rings is 1. The van der Waals surface area contributed by atoms with Crippen LogP contribution in [-0.4, -0.2) is 36.7 Å². The van der Waals surface area contributed by atoms with Crippen LogP contribution < -0.4 is 5.32 Å². The molecular weight excluding hydrogens is 244 g/mol. The first-order chi connectivity index (χ1) is 8.54. The van der Waals surface area contributed by atoms with E-state index in [1.807, 2.05) is 27.9 Å². The van der Waals surface area contributed by atoms with Crippen molar-refractivity contribution < 1.29 is 4.79 Å². The van der Waals surface area contributed by atoms with Gasteiger partial charge in [0.2, 0.25) is 5.91 Å². The third-order valence-corrected chi connectivity index (χ3v) is 3.83. The molecule has 0 bridgehead atoms. The van der Waals surface area contributed by atoms with Gasteiger partial charge in [0.1, 0.15) is 0 Å². The van der Waals surface area contributed by atoms with Gasteiger partial charge in [-0.1, -0.05) is 12.1 Å². The monoisotopic (exact) mass is 266 g/mol. The number of hydrogen-bond acceptors (Lipinski definition) is 3. The number of thioether (sulfide) groups is 1. The van der Waals surface area contributed by atoms with E-state index in [2.05, 4.69) is 29.6 Å². The molecule has 0 aliphatic rings. The third kappa shape index (κ3) is 4.70. The molecule has 1 aromatic carbocycles. The van der Waals surface area contributed by atoms with Gasteiger partial charge in [0.05, 0.1) is 5.75 Å². The topological polar surface area (TPSA) is 32.3 Å². The van der Waals surface area contributed by atoms with Gasteiger partial charge in [-0.05, 0) is 38.6 Å². The highest BCUT2D eigenvalue weighted by molar-refractivity contribution is 8.00. The summed E-state index contributed by atoms with van der Waals surface area (Å²) in [5.41, 5.74) is 1.26. The molecule has 1 rings (SSSR count). The van der Waals surface area contributed by atoms with Gasteiger partial charge in [-0.15, -0.1) is 11.8 Å². The van der Waals surface area contributed by atoms with Crippen LogP contribution in [0.25, 0.3) is 0 Å². The van der Waals surface area contributed by atoms with Crippen LogP contribution in [0, 0.1) is 0 Å². The Morgan fingerprint density at radius 2 is 1.94 bits per heavy atom. The highest BCUT2D eigenvalue weighted by Crippen LogP contribution is 2.19. The smallest absolute Gasteiger partial charge is 0.232 e. The maximum atomic E-state index is 11.8. The molecule has 1 aromatic rings. The molecule has 0 saturated carbocycles. The van der Waals surface area contributed by atoms with Crippen LogP contribution in [0.2, 0.25) is 0 Å². The molecule has 18 heavy (non-hydrogen) atoms. The molecule has 0 aromatic heterocycles. The highest BCUT2D eigenvalue weighted by Gasteiger charge is 2.11. The van der Waals surface area contributed by atoms with E-state index in [4.69, 9.17) is 0 Å². The second-order valence-corrected chi connectivity index (χ2v) is 5.61. The minimum Gasteiger partial charge on any atom is -0.343 e. The molecule has 1 N–H and O–H groups in total. The van der Waals surface area contributed by atoms with Crippen molar-refractivity contribution in [1.29, 1.82) is 0 Å². The molecule has 0 atom stereocenters. The quantitative estimate of drug-likeness (QED) is 0.802. The Kier molecular flexibility index (Phi) is 6.22. The van der Waals surface area contributed by atoms with Crippen LogP contribution in [0.1, 0.15) is 19.4 Å². The number of nitrogens with zero attached hydrogens (tertiary/aromatic N) is 1. The van der Waals surface area contributed by atoms with E-state index in [1.165, 1.54) is 5.56 Å². The van der Waals surface area contributed by atoms with Gasteiger partial charge in [-0.25, -0.2) is 0 Å². The Bertz CT molecular complexity index is 376. The zero-order valence-electron chi connectivity index (χ0n) is 11.6. The molecule has 1 amide bonds. The van der Waals surface area contributed by atoms with Crippen molar-refractivity contribution in [3.05, 3.63) is 29.8 Å². The van der Waals surface area contributed by atoms with Crippen LogP contribution in [0.15, 0.2) is 29.2 Å². The molecule has 0 unspecified atom stereocenters. The van der Waals surface area contributed by atoms with Crippen molar-refractivity contribution in [2.75, 3.05) is 19.8 Å². The summed E-state index contributed by atoms with van der Waals surface area (Å²) >= 11 is 1.59. The third-order valence-electron chi connectivity index (χ3n) is 2.83. The molecular formula is C14H22N2OS. The number of nitrogens with one attached hydrogen (secondary N) is 1. The van der Waals surface area contributed by atoms with Crippen LogP contribution in [0.3, 0.4) is 0 Å². The van der Waals surface area contributed by atoms with E-state index in [1.54, 1.807) is 16.7 Å². The summed E-state index contributed by atoms with van der Waals surface area (Å²) in [6.07, 6.45) is 0. The van der Waals surface area contributed by atoms with E-state index in [0.717, 1.165) is 11.4 Å². The largest absolute Gasteiger partial charge is 0.343 e. The molecule has 100 valence electrons. The minimum absolute atomic E-state index is 0.175. The van der Waals surface area contributed by atoms with Crippen LogP contribution in [0.5, 0.6) is 0 Å². The first-order valence-corrected chi connectivity index (χ1v) is 7.15. The molecule has 0 spiro atoms. The first kappa shape index (κ1) is 15.1. The van der Waals surface area contributed by atoms with Crippen molar-refractivity contribution in [1.82, 2.24) is 10.2 Å². The summed E-state index contributed by atoms with van der Waals surface area (Å²) in [4.78, 5) is 14.7. The van der Waals surface area contributed by atoms with Crippen molar-refractivity contribution in [2.45, 2.75) is 31.3 Å². The number of hydrogen-bond donors (Lipinski definition) is 1. The summed E-state index contributed by atoms with van der Waals surface area (Å²) in [5, 5.41) is 3.11. The standard InChI is InChI=1S/C14H22N2OS/c1-11(2)16(4)14(17)10-18-13-7-5-12(6-8-13)9-15-3/h5-8,11,15H,9-10H2,1-4H3. The summed E-state index contributed by atoms with van der Waals surface area (Å²) in [6, 6.07) is 8.58. The van der Waals surface area contributed by atoms with Gasteiger partial charge >= 0.3 is 0 Å². The molecule has 0 aliphatic carbocycles. The minimum atomic E-state index is 0.175. The number of amides is 1. The Labute approximate surface area is 114 Å². The molecule has 0 fully saturated rings. The zero-order chi connectivity index (χ0) is 13.5. The summed E-state index contributed by atoms with van der Waals surface area (Å²) < 4.78 is 0. The second-order valence-electron chi connectivity index (χ2n) is 4.56. The Balaban J connectivity index is 2.46. The lowest BCUT2D eigenvalue weighted by molar-refractivity contribution is -0.128. The van der Waals surface area contributed by atoms with Crippen molar-refractivity contribution in [3.63, 3.8) is 0 Å². The van der Waals surface area contributed by atoms with Gasteiger partial charge in [0, 0.05) is 24.5 Å². The van der Waals surface area contributed by atoms with Gasteiger partial charge in [-0.3, -0.25) is 4.79 Å². The Morgan fingerprint density at radius 3 is 2.44 bits per heavy atom. The van der Waals surface area contributed by atoms with Crippen molar-refractivity contribution in [2.24, 2.45) is 0 Å². The second kappa shape index (κ2) is 7.44. The Hall–Kier alpha value is -1.00. The van der Waals surface area contributed by atoms with Gasteiger partial charge in [0.25, 0.3) is 0 Å². The molecule has 0 saturated heterocycles.